The summed E-state index contributed by atoms with van der Waals surface area (Å²) in [5, 5.41) is 11.0. The van der Waals surface area contributed by atoms with E-state index < -0.39 is 0 Å². The highest BCUT2D eigenvalue weighted by Crippen LogP contribution is 2.18. The van der Waals surface area contributed by atoms with Crippen molar-refractivity contribution in [2.24, 2.45) is 7.05 Å². The van der Waals surface area contributed by atoms with Crippen LogP contribution in [0.25, 0.3) is 0 Å². The Hall–Kier alpha value is -2.96. The van der Waals surface area contributed by atoms with E-state index in [0.29, 0.717) is 12.8 Å². The van der Waals surface area contributed by atoms with Crippen molar-refractivity contribution >= 4 is 5.91 Å². The predicted octanol–water partition coefficient (Wildman–Crippen LogP) is 2.20. The first-order valence-corrected chi connectivity index (χ1v) is 8.78. The van der Waals surface area contributed by atoms with Crippen molar-refractivity contribution in [3.8, 4) is 0 Å². The molecule has 2 heterocycles. The summed E-state index contributed by atoms with van der Waals surface area (Å²) in [6.45, 7) is 2.78. The number of carbonyl (C=O) groups is 1. The molecule has 26 heavy (non-hydrogen) atoms. The van der Waals surface area contributed by atoms with Crippen molar-refractivity contribution in [2.45, 2.75) is 38.8 Å². The van der Waals surface area contributed by atoms with Gasteiger partial charge in [0.25, 0.3) is 0 Å². The Balaban J connectivity index is 1.62. The van der Waals surface area contributed by atoms with Gasteiger partial charge in [-0.1, -0.05) is 30.3 Å². The van der Waals surface area contributed by atoms with Crippen LogP contribution in [0.4, 0.5) is 0 Å². The van der Waals surface area contributed by atoms with Crippen molar-refractivity contribution in [1.82, 2.24) is 29.6 Å². The lowest BCUT2D eigenvalue weighted by Gasteiger charge is -2.20. The zero-order valence-electron chi connectivity index (χ0n) is 15.2. The first-order chi connectivity index (χ1) is 12.6. The summed E-state index contributed by atoms with van der Waals surface area (Å²) in [6.07, 6.45) is 7.18. The molecule has 0 bridgehead atoms. The molecule has 0 aliphatic heterocycles. The van der Waals surface area contributed by atoms with Crippen LogP contribution in [0.15, 0.2) is 49.1 Å². The predicted molar refractivity (Wildman–Crippen MR) is 98.2 cm³/mol. The Morgan fingerprint density at radius 1 is 1.27 bits per heavy atom. The lowest BCUT2D eigenvalue weighted by Crippen LogP contribution is -2.29. The van der Waals surface area contributed by atoms with Crippen LogP contribution in [0, 0.1) is 6.92 Å². The Morgan fingerprint density at radius 3 is 2.73 bits per heavy atom. The quantitative estimate of drug-likeness (QED) is 0.674. The van der Waals surface area contributed by atoms with Gasteiger partial charge in [0.2, 0.25) is 5.91 Å². The number of hydrogen-bond donors (Lipinski definition) is 1. The van der Waals surface area contributed by atoms with Gasteiger partial charge in [-0.15, -0.1) is 10.2 Å². The van der Waals surface area contributed by atoms with E-state index in [9.17, 15) is 4.79 Å². The minimum absolute atomic E-state index is 0.0178. The molecule has 2 aromatic heterocycles. The molecular formula is C19H24N6O. The van der Waals surface area contributed by atoms with Gasteiger partial charge in [0, 0.05) is 38.8 Å². The van der Waals surface area contributed by atoms with Crippen LogP contribution in [0.1, 0.15) is 36.1 Å². The fraction of sp³-hybridized carbons (Fsp3) is 0.368. The zero-order valence-corrected chi connectivity index (χ0v) is 15.2. The molecule has 0 radical (unpaired) electrons. The van der Waals surface area contributed by atoms with Gasteiger partial charge in [-0.2, -0.15) is 0 Å². The Morgan fingerprint density at radius 2 is 2.08 bits per heavy atom. The molecule has 0 saturated carbocycles. The minimum atomic E-state index is -0.0370. The fourth-order valence-corrected chi connectivity index (χ4v) is 2.94. The summed E-state index contributed by atoms with van der Waals surface area (Å²) in [5.41, 5.74) is 1.11. The van der Waals surface area contributed by atoms with Crippen molar-refractivity contribution in [3.63, 3.8) is 0 Å². The molecule has 0 unspecified atom stereocenters. The molecule has 1 amide bonds. The van der Waals surface area contributed by atoms with Crippen molar-refractivity contribution in [1.29, 1.82) is 0 Å². The van der Waals surface area contributed by atoms with Crippen molar-refractivity contribution in [3.05, 3.63) is 66.3 Å². The van der Waals surface area contributed by atoms with Crippen LogP contribution < -0.4 is 5.32 Å². The van der Waals surface area contributed by atoms with E-state index in [1.807, 2.05) is 55.1 Å². The first kappa shape index (κ1) is 17.8. The number of amides is 1. The molecule has 1 aromatic carbocycles. The van der Waals surface area contributed by atoms with E-state index >= 15 is 0 Å². The van der Waals surface area contributed by atoms with E-state index in [-0.39, 0.29) is 11.9 Å². The highest BCUT2D eigenvalue weighted by Gasteiger charge is 2.15. The van der Waals surface area contributed by atoms with Gasteiger partial charge in [0.1, 0.15) is 18.0 Å². The highest BCUT2D eigenvalue weighted by atomic mass is 16.1. The second-order valence-corrected chi connectivity index (χ2v) is 6.35. The van der Waals surface area contributed by atoms with E-state index in [4.69, 9.17) is 0 Å². The van der Waals surface area contributed by atoms with Gasteiger partial charge in [-0.25, -0.2) is 4.98 Å². The summed E-state index contributed by atoms with van der Waals surface area (Å²) in [6, 6.07) is 10.0. The Labute approximate surface area is 153 Å². The van der Waals surface area contributed by atoms with E-state index in [2.05, 4.69) is 25.1 Å². The van der Waals surface area contributed by atoms with E-state index in [1.54, 1.807) is 12.5 Å². The van der Waals surface area contributed by atoms with E-state index in [0.717, 1.165) is 30.2 Å². The number of rotatable bonds is 8. The molecule has 1 atom stereocenters. The van der Waals surface area contributed by atoms with Crippen LogP contribution in [0.3, 0.4) is 0 Å². The standard InChI is InChI=1S/C19H24N6O/c1-15-20-11-13-25(15)12-10-17(16-6-4-3-5-7-16)22-19(26)9-8-18-23-21-14-24(18)2/h3-7,11,13-14,17H,8-10,12H2,1-2H3,(H,22,26)/t17-/m0/s1. The van der Waals surface area contributed by atoms with Crippen molar-refractivity contribution in [2.75, 3.05) is 0 Å². The Bertz CT molecular complexity index is 839. The molecule has 0 saturated heterocycles. The van der Waals surface area contributed by atoms with Crippen LogP contribution in [0.5, 0.6) is 0 Å². The third-order valence-electron chi connectivity index (χ3n) is 4.50. The number of aryl methyl sites for hydroxylation is 4. The third-order valence-corrected chi connectivity index (χ3v) is 4.50. The molecule has 0 fully saturated rings. The number of carbonyl (C=O) groups excluding carboxylic acids is 1. The smallest absolute Gasteiger partial charge is 0.220 e. The maximum absolute atomic E-state index is 12.5. The maximum atomic E-state index is 12.5. The number of nitrogens with zero attached hydrogens (tertiary/aromatic N) is 5. The topological polar surface area (TPSA) is 77.6 Å². The molecular weight excluding hydrogens is 328 g/mol. The van der Waals surface area contributed by atoms with Crippen LogP contribution in [-0.4, -0.2) is 30.2 Å². The van der Waals surface area contributed by atoms with Gasteiger partial charge in [-0.3, -0.25) is 4.79 Å². The third kappa shape index (κ3) is 4.56. The summed E-state index contributed by atoms with van der Waals surface area (Å²) in [7, 11) is 1.88. The van der Waals surface area contributed by atoms with E-state index in [1.165, 1.54) is 0 Å². The first-order valence-electron chi connectivity index (χ1n) is 8.78. The lowest BCUT2D eigenvalue weighted by atomic mass is 10.0. The summed E-state index contributed by atoms with van der Waals surface area (Å²) < 4.78 is 3.94. The SMILES string of the molecule is Cc1nccn1CC[C@H](NC(=O)CCc1nncn1C)c1ccccc1. The molecule has 3 aromatic rings. The lowest BCUT2D eigenvalue weighted by molar-refractivity contribution is -0.121. The highest BCUT2D eigenvalue weighted by molar-refractivity contribution is 5.76. The molecule has 136 valence electrons. The fourth-order valence-electron chi connectivity index (χ4n) is 2.94. The van der Waals surface area contributed by atoms with Gasteiger partial charge in [0.05, 0.1) is 6.04 Å². The molecule has 7 heteroatoms. The van der Waals surface area contributed by atoms with Gasteiger partial charge < -0.3 is 14.5 Å². The van der Waals surface area contributed by atoms with Crippen LogP contribution >= 0.6 is 0 Å². The van der Waals surface area contributed by atoms with Crippen molar-refractivity contribution < 1.29 is 4.79 Å². The largest absolute Gasteiger partial charge is 0.349 e. The van der Waals surface area contributed by atoms with Crippen LogP contribution in [-0.2, 0) is 24.8 Å². The maximum Gasteiger partial charge on any atom is 0.220 e. The van der Waals surface area contributed by atoms with Crippen LogP contribution in [0.2, 0.25) is 0 Å². The molecule has 0 aliphatic rings. The Kier molecular flexibility index (Phi) is 5.78. The van der Waals surface area contributed by atoms with Gasteiger partial charge in [-0.05, 0) is 18.9 Å². The van der Waals surface area contributed by atoms with Gasteiger partial charge in [0.15, 0.2) is 0 Å². The summed E-state index contributed by atoms with van der Waals surface area (Å²) in [4.78, 5) is 16.7. The average Bonchev–Trinajstić information content (AvgIpc) is 3.25. The normalized spacial score (nSPS) is 12.1. The average molecular weight is 352 g/mol. The zero-order chi connectivity index (χ0) is 18.4. The number of aromatic nitrogens is 5. The molecule has 3 rings (SSSR count). The molecule has 0 spiro atoms. The number of imidazole rings is 1. The van der Waals surface area contributed by atoms with Gasteiger partial charge >= 0.3 is 0 Å². The molecule has 0 aliphatic carbocycles. The number of benzene rings is 1. The number of hydrogen-bond acceptors (Lipinski definition) is 4. The molecule has 1 N–H and O–H groups in total. The number of nitrogens with one attached hydrogen (secondary N) is 1. The summed E-state index contributed by atoms with van der Waals surface area (Å²) >= 11 is 0. The summed E-state index contributed by atoms with van der Waals surface area (Å²) in [5.74, 6) is 1.81. The second-order valence-electron chi connectivity index (χ2n) is 6.35. The molecule has 7 nitrogen and oxygen atoms in total. The minimum Gasteiger partial charge on any atom is -0.349 e. The monoisotopic (exact) mass is 352 g/mol. The second kappa shape index (κ2) is 8.42.